The lowest BCUT2D eigenvalue weighted by Crippen LogP contribution is -2.50. The van der Waals surface area contributed by atoms with Crippen molar-refractivity contribution in [2.45, 2.75) is 20.8 Å². The monoisotopic (exact) mass is 392 g/mol. The van der Waals surface area contributed by atoms with E-state index in [9.17, 15) is 0 Å². The van der Waals surface area contributed by atoms with Crippen LogP contribution in [0, 0.1) is 20.8 Å². The van der Waals surface area contributed by atoms with E-state index in [0.717, 1.165) is 55.7 Å². The molecule has 0 amide bonds. The normalized spacial score (nSPS) is 13.6. The highest BCUT2D eigenvalue weighted by Gasteiger charge is 2.44. The van der Waals surface area contributed by atoms with Crippen molar-refractivity contribution in [2.24, 2.45) is 0 Å². The molecule has 6 nitrogen and oxygen atoms in total. The third-order valence-corrected chi connectivity index (χ3v) is 6.18. The van der Waals surface area contributed by atoms with Gasteiger partial charge in [0.25, 0.3) is 12.0 Å². The molecule has 2 aliphatic heterocycles. The van der Waals surface area contributed by atoms with Crippen LogP contribution in [0.1, 0.15) is 16.7 Å². The van der Waals surface area contributed by atoms with Crippen LogP contribution < -0.4 is 14.9 Å². The van der Waals surface area contributed by atoms with Crippen molar-refractivity contribution in [3.63, 3.8) is 0 Å². The summed E-state index contributed by atoms with van der Waals surface area (Å²) in [7, 11) is 0. The lowest BCUT2D eigenvalue weighted by molar-refractivity contribution is 0.408. The number of benzene rings is 3. The van der Waals surface area contributed by atoms with Crippen molar-refractivity contribution < 1.29 is 9.47 Å². The van der Waals surface area contributed by atoms with Crippen molar-refractivity contribution in [2.75, 3.05) is 0 Å². The van der Waals surface area contributed by atoms with Gasteiger partial charge in [-0.2, -0.15) is 9.97 Å². The van der Waals surface area contributed by atoms with Gasteiger partial charge >= 0.3 is 6.98 Å². The number of aryl methyl sites for hydroxylation is 3. The molecule has 2 aliphatic rings. The van der Waals surface area contributed by atoms with E-state index >= 15 is 0 Å². The van der Waals surface area contributed by atoms with Gasteiger partial charge in [0, 0.05) is 0 Å². The maximum absolute atomic E-state index is 6.31. The molecule has 30 heavy (non-hydrogen) atoms. The second-order valence-corrected chi connectivity index (χ2v) is 8.17. The van der Waals surface area contributed by atoms with Crippen LogP contribution in [0.5, 0.6) is 23.5 Å². The minimum atomic E-state index is -0.179. The number of nitrogens with zero attached hydrogens (tertiary/aromatic N) is 4. The Kier molecular flexibility index (Phi) is 2.81. The van der Waals surface area contributed by atoms with E-state index in [0.29, 0.717) is 12.0 Å². The summed E-state index contributed by atoms with van der Waals surface area (Å²) in [5.41, 5.74) is 8.30. The molecule has 7 heteroatoms. The zero-order valence-electron chi connectivity index (χ0n) is 16.8. The molecule has 7 rings (SSSR count). The lowest BCUT2D eigenvalue weighted by atomic mass is 9.64. The van der Waals surface area contributed by atoms with Crippen LogP contribution in [0.25, 0.3) is 22.1 Å². The zero-order valence-corrected chi connectivity index (χ0v) is 16.8. The Morgan fingerprint density at radius 3 is 1.73 bits per heavy atom. The van der Waals surface area contributed by atoms with Gasteiger partial charge in [0.1, 0.15) is 11.5 Å². The van der Waals surface area contributed by atoms with E-state index in [1.165, 1.54) is 0 Å². The van der Waals surface area contributed by atoms with Crippen LogP contribution in [0.15, 0.2) is 48.5 Å². The summed E-state index contributed by atoms with van der Waals surface area (Å²) in [6.07, 6.45) is 0. The molecular formula is C23H17BN4O2. The third kappa shape index (κ3) is 1.85. The fourth-order valence-corrected chi connectivity index (χ4v) is 4.81. The van der Waals surface area contributed by atoms with E-state index < -0.39 is 0 Å². The predicted molar refractivity (Wildman–Crippen MR) is 116 cm³/mol. The molecule has 4 heterocycles. The van der Waals surface area contributed by atoms with Crippen molar-refractivity contribution >= 4 is 34.5 Å². The number of para-hydroxylation sites is 2. The number of rotatable bonds is 0. The van der Waals surface area contributed by atoms with Gasteiger partial charge in [0.2, 0.25) is 0 Å². The first-order valence-electron chi connectivity index (χ1n) is 10.1. The predicted octanol–water partition coefficient (Wildman–Crippen LogP) is 4.31. The number of ether oxygens (including phenoxy) is 2. The molecule has 0 aliphatic carbocycles. The van der Waals surface area contributed by atoms with Crippen LogP contribution in [-0.4, -0.2) is 25.9 Å². The third-order valence-electron chi connectivity index (χ3n) is 6.18. The molecule has 0 saturated carbocycles. The number of imidazole rings is 2. The Morgan fingerprint density at radius 2 is 1.23 bits per heavy atom. The molecule has 3 aromatic carbocycles. The Morgan fingerprint density at radius 1 is 0.733 bits per heavy atom. The summed E-state index contributed by atoms with van der Waals surface area (Å²) >= 11 is 0. The summed E-state index contributed by atoms with van der Waals surface area (Å²) in [6, 6.07) is 17.8. The first kappa shape index (κ1) is 16.1. The fraction of sp³-hybridized carbons (Fsp3) is 0.130. The minimum Gasteiger partial charge on any atom is -0.427 e. The number of hydrogen-bond donors (Lipinski definition) is 0. The Labute approximate surface area is 172 Å². The highest BCUT2D eigenvalue weighted by Crippen LogP contribution is 2.41. The molecule has 0 spiro atoms. The lowest BCUT2D eigenvalue weighted by Gasteiger charge is -2.32. The average molecular weight is 392 g/mol. The van der Waals surface area contributed by atoms with E-state index in [2.05, 4.69) is 71.3 Å². The van der Waals surface area contributed by atoms with Gasteiger partial charge in [-0.15, -0.1) is 0 Å². The molecule has 0 saturated heterocycles. The highest BCUT2D eigenvalue weighted by atomic mass is 16.5. The van der Waals surface area contributed by atoms with E-state index in [4.69, 9.17) is 19.4 Å². The number of hydrogen-bond acceptors (Lipinski definition) is 4. The smallest absolute Gasteiger partial charge is 0.427 e. The van der Waals surface area contributed by atoms with E-state index in [1.807, 2.05) is 6.92 Å². The van der Waals surface area contributed by atoms with Gasteiger partial charge in [0.15, 0.2) is 0 Å². The maximum atomic E-state index is 6.31. The van der Waals surface area contributed by atoms with Gasteiger partial charge in [-0.3, -0.25) is 0 Å². The van der Waals surface area contributed by atoms with Gasteiger partial charge in [0.05, 0.1) is 27.5 Å². The van der Waals surface area contributed by atoms with Crippen molar-refractivity contribution in [3.05, 3.63) is 65.2 Å². The first-order chi connectivity index (χ1) is 14.6. The summed E-state index contributed by atoms with van der Waals surface area (Å²) < 4.78 is 17.0. The van der Waals surface area contributed by atoms with Crippen molar-refractivity contribution in [1.29, 1.82) is 0 Å². The molecule has 2 aromatic heterocycles. The van der Waals surface area contributed by atoms with Crippen molar-refractivity contribution in [1.82, 2.24) is 18.9 Å². The highest BCUT2D eigenvalue weighted by molar-refractivity contribution is 6.74. The molecular weight excluding hydrogens is 375 g/mol. The molecule has 5 aromatic rings. The van der Waals surface area contributed by atoms with Crippen LogP contribution >= 0.6 is 0 Å². The maximum Gasteiger partial charge on any atom is 0.435 e. The second kappa shape index (κ2) is 5.24. The topological polar surface area (TPSA) is 54.1 Å². The van der Waals surface area contributed by atoms with Crippen LogP contribution in [-0.2, 0) is 0 Å². The minimum absolute atomic E-state index is 0.179. The zero-order chi connectivity index (χ0) is 20.1. The van der Waals surface area contributed by atoms with Gasteiger partial charge in [-0.1, -0.05) is 24.3 Å². The molecule has 0 N–H and O–H groups in total. The summed E-state index contributed by atoms with van der Waals surface area (Å²) in [4.78, 5) is 9.71. The average Bonchev–Trinajstić information content (AvgIpc) is 3.27. The van der Waals surface area contributed by atoms with E-state index in [1.54, 1.807) is 0 Å². The number of aromatic nitrogens is 4. The molecule has 0 atom stereocenters. The molecule has 0 bridgehead atoms. The largest absolute Gasteiger partial charge is 0.435 e. The quantitative estimate of drug-likeness (QED) is 0.361. The first-order valence-corrected chi connectivity index (χ1v) is 10.1. The Bertz CT molecular complexity index is 1440. The van der Waals surface area contributed by atoms with E-state index in [-0.39, 0.29) is 6.98 Å². The van der Waals surface area contributed by atoms with Crippen LogP contribution in [0.3, 0.4) is 0 Å². The standard InChI is InChI=1S/C23H17BN4O2/c1-12-10-17-19-18(11-12)30-23-26-21-14(3)7-5-9-16(21)28(23)24(19)27-15-8-4-6-13(2)20(15)25-22(27)29-17/h4-11H,1-3H3. The molecule has 144 valence electrons. The summed E-state index contributed by atoms with van der Waals surface area (Å²) in [5.74, 6) is 1.58. The fourth-order valence-electron chi connectivity index (χ4n) is 4.81. The van der Waals surface area contributed by atoms with Gasteiger partial charge in [-0.05, 0) is 61.7 Å². The Balaban J connectivity index is 1.66. The van der Waals surface area contributed by atoms with Crippen molar-refractivity contribution in [3.8, 4) is 23.5 Å². The summed E-state index contributed by atoms with van der Waals surface area (Å²) in [6.45, 7) is 6.02. The second-order valence-electron chi connectivity index (χ2n) is 8.17. The SMILES string of the molecule is Cc1cc2c3c(c1)Oc1nc4c(C)cccc4n1B3n1c(nc3c(C)cccc31)O2. The molecule has 0 fully saturated rings. The van der Waals surface area contributed by atoms with Gasteiger partial charge in [-0.25, -0.2) is 0 Å². The Hall–Kier alpha value is -3.74. The van der Waals surface area contributed by atoms with Crippen LogP contribution in [0.2, 0.25) is 0 Å². The van der Waals surface area contributed by atoms with Gasteiger partial charge < -0.3 is 18.4 Å². The molecule has 0 radical (unpaired) electrons. The summed E-state index contributed by atoms with van der Waals surface area (Å²) in [5, 5.41) is 0. The molecule has 0 unspecified atom stereocenters. The number of fused-ring (bicyclic) bond motifs is 8. The van der Waals surface area contributed by atoms with Crippen LogP contribution in [0.4, 0.5) is 0 Å².